The SMILES string of the molecule is Clc1cccc(C(CNC2=NCCCN2)N2CCCC2)c1.I. The Morgan fingerprint density at radius 1 is 1.27 bits per heavy atom. The van der Waals surface area contributed by atoms with Crippen LogP contribution in [0.3, 0.4) is 0 Å². The van der Waals surface area contributed by atoms with Crippen molar-refractivity contribution in [3.05, 3.63) is 34.9 Å². The molecule has 2 aliphatic heterocycles. The molecule has 122 valence electrons. The summed E-state index contributed by atoms with van der Waals surface area (Å²) in [4.78, 5) is 7.03. The molecule has 0 spiro atoms. The van der Waals surface area contributed by atoms with E-state index in [0.717, 1.165) is 37.0 Å². The third-order valence-electron chi connectivity index (χ3n) is 4.17. The summed E-state index contributed by atoms with van der Waals surface area (Å²) in [6.45, 7) is 5.13. The van der Waals surface area contributed by atoms with Gasteiger partial charge in [0.15, 0.2) is 5.96 Å². The molecule has 0 radical (unpaired) electrons. The van der Waals surface area contributed by atoms with Gasteiger partial charge >= 0.3 is 0 Å². The zero-order valence-electron chi connectivity index (χ0n) is 12.7. The topological polar surface area (TPSA) is 39.7 Å². The van der Waals surface area contributed by atoms with Crippen molar-refractivity contribution in [1.82, 2.24) is 15.5 Å². The monoisotopic (exact) mass is 434 g/mol. The van der Waals surface area contributed by atoms with Crippen molar-refractivity contribution in [1.29, 1.82) is 0 Å². The molecule has 4 nitrogen and oxygen atoms in total. The lowest BCUT2D eigenvalue weighted by molar-refractivity contribution is 0.245. The van der Waals surface area contributed by atoms with Crippen LogP contribution >= 0.6 is 35.6 Å². The molecule has 0 bridgehead atoms. The van der Waals surface area contributed by atoms with Gasteiger partial charge in [-0.3, -0.25) is 9.89 Å². The van der Waals surface area contributed by atoms with Gasteiger partial charge in [0.1, 0.15) is 0 Å². The minimum absolute atomic E-state index is 0. The molecular weight excluding hydrogens is 411 g/mol. The molecule has 2 N–H and O–H groups in total. The van der Waals surface area contributed by atoms with Crippen LogP contribution in [0.2, 0.25) is 5.02 Å². The van der Waals surface area contributed by atoms with E-state index in [-0.39, 0.29) is 24.0 Å². The number of benzene rings is 1. The molecule has 1 aromatic carbocycles. The predicted molar refractivity (Wildman–Crippen MR) is 103 cm³/mol. The largest absolute Gasteiger partial charge is 0.356 e. The second-order valence-electron chi connectivity index (χ2n) is 5.71. The average Bonchev–Trinajstić information content (AvgIpc) is 3.03. The lowest BCUT2D eigenvalue weighted by atomic mass is 10.1. The fraction of sp³-hybridized carbons (Fsp3) is 0.562. The molecule has 1 unspecified atom stereocenters. The zero-order chi connectivity index (χ0) is 14.5. The van der Waals surface area contributed by atoms with E-state index < -0.39 is 0 Å². The highest BCUT2D eigenvalue weighted by molar-refractivity contribution is 14.0. The normalized spacial score (nSPS) is 19.8. The highest BCUT2D eigenvalue weighted by atomic mass is 127. The summed E-state index contributed by atoms with van der Waals surface area (Å²) in [5, 5.41) is 7.60. The van der Waals surface area contributed by atoms with Gasteiger partial charge in [-0.25, -0.2) is 0 Å². The van der Waals surface area contributed by atoms with E-state index in [0.29, 0.717) is 6.04 Å². The number of halogens is 2. The van der Waals surface area contributed by atoms with Gasteiger partial charge in [0.05, 0.1) is 6.04 Å². The molecule has 1 atom stereocenters. The van der Waals surface area contributed by atoms with Gasteiger partial charge in [0.25, 0.3) is 0 Å². The van der Waals surface area contributed by atoms with Gasteiger partial charge in [0.2, 0.25) is 0 Å². The van der Waals surface area contributed by atoms with Crippen molar-refractivity contribution >= 4 is 41.5 Å². The van der Waals surface area contributed by atoms with E-state index in [9.17, 15) is 0 Å². The summed E-state index contributed by atoms with van der Waals surface area (Å²) < 4.78 is 0. The molecule has 0 saturated carbocycles. The van der Waals surface area contributed by atoms with E-state index in [1.165, 1.54) is 31.5 Å². The fourth-order valence-corrected chi connectivity index (χ4v) is 3.27. The highest BCUT2D eigenvalue weighted by Crippen LogP contribution is 2.26. The van der Waals surface area contributed by atoms with Crippen molar-refractivity contribution in [2.75, 3.05) is 32.7 Å². The number of hydrogen-bond donors (Lipinski definition) is 2. The smallest absolute Gasteiger partial charge is 0.191 e. The van der Waals surface area contributed by atoms with Gasteiger partial charge in [0, 0.05) is 24.7 Å². The number of nitrogens with one attached hydrogen (secondary N) is 2. The first kappa shape index (κ1) is 17.8. The van der Waals surface area contributed by atoms with Crippen LogP contribution in [0.1, 0.15) is 30.9 Å². The van der Waals surface area contributed by atoms with Crippen LogP contribution in [-0.2, 0) is 0 Å². The Morgan fingerprint density at radius 3 is 2.77 bits per heavy atom. The molecule has 1 aromatic rings. The molecule has 6 heteroatoms. The summed E-state index contributed by atoms with van der Waals surface area (Å²) in [5.41, 5.74) is 1.29. The third kappa shape index (κ3) is 4.73. The number of likely N-dealkylation sites (tertiary alicyclic amines) is 1. The summed E-state index contributed by atoms with van der Waals surface area (Å²) in [7, 11) is 0. The Hall–Kier alpha value is -0.530. The Kier molecular flexibility index (Phi) is 7.24. The van der Waals surface area contributed by atoms with Gasteiger partial charge in [-0.05, 0) is 50.0 Å². The Balaban J connectivity index is 0.00000176. The quantitative estimate of drug-likeness (QED) is 0.716. The minimum atomic E-state index is 0. The van der Waals surface area contributed by atoms with Crippen LogP contribution in [0.5, 0.6) is 0 Å². The molecule has 0 aromatic heterocycles. The standard InChI is InChI=1S/C16H23ClN4.HI/c17-14-6-3-5-13(11-14)15(21-9-1-2-10-21)12-20-16-18-7-4-8-19-16;/h3,5-6,11,15H,1-2,4,7-10,12H2,(H2,18,19,20);1H. The first-order chi connectivity index (χ1) is 10.3. The summed E-state index contributed by atoms with van der Waals surface area (Å²) in [6, 6.07) is 8.59. The van der Waals surface area contributed by atoms with E-state index in [1.54, 1.807) is 0 Å². The molecule has 1 saturated heterocycles. The molecule has 0 amide bonds. The van der Waals surface area contributed by atoms with Crippen LogP contribution in [0.15, 0.2) is 29.3 Å². The summed E-state index contributed by atoms with van der Waals surface area (Å²) >= 11 is 6.17. The van der Waals surface area contributed by atoms with Crippen molar-refractivity contribution < 1.29 is 0 Å². The summed E-state index contributed by atoms with van der Waals surface area (Å²) in [5.74, 6) is 0.937. The van der Waals surface area contributed by atoms with E-state index in [2.05, 4.69) is 32.7 Å². The van der Waals surface area contributed by atoms with Gasteiger partial charge in [-0.15, -0.1) is 24.0 Å². The summed E-state index contributed by atoms with van der Waals surface area (Å²) in [6.07, 6.45) is 3.70. The Bertz CT molecular complexity index is 503. The molecule has 3 rings (SSSR count). The van der Waals surface area contributed by atoms with Crippen LogP contribution in [0.25, 0.3) is 0 Å². The van der Waals surface area contributed by atoms with Crippen molar-refractivity contribution in [2.45, 2.75) is 25.3 Å². The second-order valence-corrected chi connectivity index (χ2v) is 6.14. The number of aliphatic imine (C=N–C) groups is 1. The van der Waals surface area contributed by atoms with E-state index in [4.69, 9.17) is 11.6 Å². The lowest BCUT2D eigenvalue weighted by Gasteiger charge is -2.29. The lowest BCUT2D eigenvalue weighted by Crippen LogP contribution is -2.44. The van der Waals surface area contributed by atoms with Crippen molar-refractivity contribution in [3.63, 3.8) is 0 Å². The number of nitrogens with zero attached hydrogens (tertiary/aromatic N) is 2. The molecule has 1 fully saturated rings. The number of hydrogen-bond acceptors (Lipinski definition) is 4. The predicted octanol–water partition coefficient (Wildman–Crippen LogP) is 3.03. The van der Waals surface area contributed by atoms with Crippen LogP contribution in [-0.4, -0.2) is 43.6 Å². The maximum atomic E-state index is 6.17. The zero-order valence-corrected chi connectivity index (χ0v) is 15.8. The van der Waals surface area contributed by atoms with Crippen LogP contribution in [0, 0.1) is 0 Å². The molecule has 22 heavy (non-hydrogen) atoms. The van der Waals surface area contributed by atoms with Crippen molar-refractivity contribution in [3.8, 4) is 0 Å². The number of rotatable bonds is 4. The first-order valence-electron chi connectivity index (χ1n) is 7.84. The fourth-order valence-electron chi connectivity index (χ4n) is 3.07. The number of guanidine groups is 1. The van der Waals surface area contributed by atoms with Crippen molar-refractivity contribution in [2.24, 2.45) is 4.99 Å². The maximum Gasteiger partial charge on any atom is 0.191 e. The van der Waals surface area contributed by atoms with E-state index in [1.807, 2.05) is 12.1 Å². The van der Waals surface area contributed by atoms with Crippen LogP contribution in [0.4, 0.5) is 0 Å². The average molecular weight is 435 g/mol. The third-order valence-corrected chi connectivity index (χ3v) is 4.41. The van der Waals surface area contributed by atoms with Gasteiger partial charge < -0.3 is 10.6 Å². The molecule has 0 aliphatic carbocycles. The maximum absolute atomic E-state index is 6.17. The first-order valence-corrected chi connectivity index (χ1v) is 8.22. The highest BCUT2D eigenvalue weighted by Gasteiger charge is 2.24. The van der Waals surface area contributed by atoms with Gasteiger partial charge in [-0.1, -0.05) is 23.7 Å². The molecular formula is C16H24ClIN4. The molecule has 2 aliphatic rings. The van der Waals surface area contributed by atoms with Crippen LogP contribution < -0.4 is 10.6 Å². The van der Waals surface area contributed by atoms with Gasteiger partial charge in [-0.2, -0.15) is 0 Å². The minimum Gasteiger partial charge on any atom is -0.356 e. The second kappa shape index (κ2) is 8.93. The van der Waals surface area contributed by atoms with E-state index >= 15 is 0 Å². The Labute approximate surface area is 154 Å². The molecule has 2 heterocycles. The Morgan fingerprint density at radius 2 is 2.09 bits per heavy atom.